The van der Waals surface area contributed by atoms with Gasteiger partial charge in [-0.2, -0.15) is 18.4 Å². The fourth-order valence-corrected chi connectivity index (χ4v) is 7.42. The molecule has 3 fully saturated rings. The van der Waals surface area contributed by atoms with Crippen LogP contribution in [-0.4, -0.2) is 61.7 Å². The van der Waals surface area contributed by atoms with Crippen molar-refractivity contribution in [2.24, 2.45) is 0 Å². The van der Waals surface area contributed by atoms with E-state index in [2.05, 4.69) is 10.1 Å². The summed E-state index contributed by atoms with van der Waals surface area (Å²) >= 11 is 12.3. The molecule has 0 radical (unpaired) electrons. The van der Waals surface area contributed by atoms with E-state index in [0.29, 0.717) is 36.3 Å². The second kappa shape index (κ2) is 10.8. The molecule has 2 aliphatic carbocycles. The lowest BCUT2D eigenvalue weighted by Crippen LogP contribution is -2.46. The molecule has 224 valence electrons. The van der Waals surface area contributed by atoms with Crippen LogP contribution in [-0.2, 0) is 24.8 Å². The van der Waals surface area contributed by atoms with Crippen LogP contribution in [0.1, 0.15) is 37.7 Å². The smallest absolute Gasteiger partial charge is 0.422 e. The lowest BCUT2D eigenvalue weighted by molar-refractivity contribution is -0.153. The monoisotopic (exact) mass is 645 g/mol. The van der Waals surface area contributed by atoms with E-state index in [1.165, 1.54) is 4.90 Å². The number of nitrogens with zero attached hydrogens (tertiary/aromatic N) is 2. The molecule has 15 heteroatoms. The van der Waals surface area contributed by atoms with Gasteiger partial charge in [0.15, 0.2) is 22.7 Å². The second-order valence-corrected chi connectivity index (χ2v) is 13.7. The molecule has 0 unspecified atom stereocenters. The van der Waals surface area contributed by atoms with E-state index in [9.17, 15) is 36.4 Å². The lowest BCUT2D eigenvalue weighted by Gasteiger charge is -2.29. The van der Waals surface area contributed by atoms with E-state index in [1.54, 1.807) is 24.3 Å². The number of ether oxygens (including phenoxy) is 2. The summed E-state index contributed by atoms with van der Waals surface area (Å²) < 4.78 is 75.1. The van der Waals surface area contributed by atoms with Gasteiger partial charge >= 0.3 is 12.3 Å². The van der Waals surface area contributed by atoms with Gasteiger partial charge in [-0.1, -0.05) is 35.3 Å². The van der Waals surface area contributed by atoms with Crippen molar-refractivity contribution >= 4 is 45.0 Å². The molecule has 3 aliphatic rings. The van der Waals surface area contributed by atoms with E-state index < -0.39 is 57.1 Å². The third-order valence-corrected chi connectivity index (χ3v) is 10.5. The number of likely N-dealkylation sites (tertiary alicyclic amines) is 1. The Hall–Kier alpha value is -3.21. The van der Waals surface area contributed by atoms with Crippen LogP contribution in [0.4, 0.5) is 18.0 Å². The first-order valence-corrected chi connectivity index (χ1v) is 15.2. The zero-order valence-corrected chi connectivity index (χ0v) is 24.1. The van der Waals surface area contributed by atoms with Gasteiger partial charge in [-0.25, -0.2) is 13.2 Å². The Labute approximate surface area is 249 Å². The van der Waals surface area contributed by atoms with Gasteiger partial charge in [0.1, 0.15) is 11.3 Å². The summed E-state index contributed by atoms with van der Waals surface area (Å²) in [5.41, 5.74) is -1.38. The molecule has 2 aromatic carbocycles. The number of nitriles is 1. The minimum atomic E-state index is -4.60. The van der Waals surface area contributed by atoms with Crippen molar-refractivity contribution in [2.45, 2.75) is 65.6 Å². The molecule has 2 atom stereocenters. The Morgan fingerprint density at radius 2 is 1.83 bits per heavy atom. The third kappa shape index (κ3) is 6.11. The summed E-state index contributed by atoms with van der Waals surface area (Å²) in [4.78, 5) is 27.5. The van der Waals surface area contributed by atoms with E-state index in [4.69, 9.17) is 27.9 Å². The molecular formula is C27H24Cl2F3N3O6S. The summed E-state index contributed by atoms with van der Waals surface area (Å²) in [6.45, 7) is -1.93. The highest BCUT2D eigenvalue weighted by molar-refractivity contribution is 7.92. The number of carbonyl (C=O) groups excluding carboxylic acids is 2. The average molecular weight is 646 g/mol. The van der Waals surface area contributed by atoms with Crippen LogP contribution in [0.25, 0.3) is 0 Å². The molecule has 0 aromatic heterocycles. The topological polar surface area (TPSA) is 126 Å². The number of rotatable bonds is 8. The maximum Gasteiger partial charge on any atom is 0.422 e. The molecule has 0 spiro atoms. The van der Waals surface area contributed by atoms with Gasteiger partial charge in [-0.15, -0.1) is 0 Å². The summed E-state index contributed by atoms with van der Waals surface area (Å²) in [5.74, 6) is -0.718. The predicted molar refractivity (Wildman–Crippen MR) is 144 cm³/mol. The lowest BCUT2D eigenvalue weighted by atomic mass is 9.94. The van der Waals surface area contributed by atoms with Crippen molar-refractivity contribution in [3.63, 3.8) is 0 Å². The van der Waals surface area contributed by atoms with Crippen LogP contribution in [0.3, 0.4) is 0 Å². The number of carbonyl (C=O) groups is 2. The first-order valence-electron chi connectivity index (χ1n) is 12.9. The fraction of sp³-hybridized carbons (Fsp3) is 0.444. The number of alkyl carbamates (subject to hydrolysis) is 1. The van der Waals surface area contributed by atoms with E-state index >= 15 is 0 Å². The Balaban J connectivity index is 1.41. The van der Waals surface area contributed by atoms with E-state index in [-0.39, 0.29) is 28.6 Å². The summed E-state index contributed by atoms with van der Waals surface area (Å²) in [7, 11) is -4.28. The van der Waals surface area contributed by atoms with Crippen LogP contribution in [0.2, 0.25) is 10.0 Å². The minimum absolute atomic E-state index is 0.277. The molecule has 5 rings (SSSR count). The number of halogens is 5. The fourth-order valence-electron chi connectivity index (χ4n) is 5.01. The molecule has 1 aliphatic heterocycles. The molecule has 1 saturated heterocycles. The molecule has 42 heavy (non-hydrogen) atoms. The molecule has 2 aromatic rings. The molecule has 2 saturated carbocycles. The first-order chi connectivity index (χ1) is 19.7. The van der Waals surface area contributed by atoms with Crippen molar-refractivity contribution in [1.29, 1.82) is 5.26 Å². The van der Waals surface area contributed by atoms with Crippen molar-refractivity contribution in [1.82, 2.24) is 10.2 Å². The van der Waals surface area contributed by atoms with Gasteiger partial charge in [0.05, 0.1) is 26.7 Å². The number of benzene rings is 2. The normalized spacial score (nSPS) is 22.1. The van der Waals surface area contributed by atoms with E-state index in [1.807, 2.05) is 6.07 Å². The van der Waals surface area contributed by atoms with Gasteiger partial charge in [-0.3, -0.25) is 4.79 Å². The van der Waals surface area contributed by atoms with Crippen LogP contribution >= 0.6 is 23.2 Å². The van der Waals surface area contributed by atoms with Gasteiger partial charge in [-0.05, 0) is 55.5 Å². The SMILES string of the molecule is N#CC1(NC(=O)O[C@H]2C[C@@H](S(=O)(=O)c3ccc(OCC(F)(F)F)cc3Cl)CN2C(=O)C2(c3cccc(Cl)c3)CC2)CC1. The van der Waals surface area contributed by atoms with Gasteiger partial charge in [0.2, 0.25) is 5.91 Å². The highest BCUT2D eigenvalue weighted by Crippen LogP contribution is 2.51. The second-order valence-electron chi connectivity index (χ2n) is 10.6. The number of amides is 2. The third-order valence-electron chi connectivity index (χ3n) is 7.61. The Morgan fingerprint density at radius 3 is 2.40 bits per heavy atom. The maximum absolute atomic E-state index is 13.9. The van der Waals surface area contributed by atoms with Crippen molar-refractivity contribution < 1.29 is 40.7 Å². The molecule has 9 nitrogen and oxygen atoms in total. The minimum Gasteiger partial charge on any atom is -0.484 e. The van der Waals surface area contributed by atoms with Crippen molar-refractivity contribution in [3.8, 4) is 11.8 Å². The summed E-state index contributed by atoms with van der Waals surface area (Å²) in [6.07, 6.45) is -5.33. The van der Waals surface area contributed by atoms with Gasteiger partial charge < -0.3 is 19.7 Å². The predicted octanol–water partition coefficient (Wildman–Crippen LogP) is 5.15. The van der Waals surface area contributed by atoms with Crippen LogP contribution < -0.4 is 10.1 Å². The van der Waals surface area contributed by atoms with Crippen molar-refractivity contribution in [3.05, 3.63) is 58.1 Å². The Bertz CT molecular complexity index is 1570. The molecular weight excluding hydrogens is 622 g/mol. The highest BCUT2D eigenvalue weighted by Gasteiger charge is 2.57. The van der Waals surface area contributed by atoms with E-state index in [0.717, 1.165) is 18.2 Å². The van der Waals surface area contributed by atoms with Crippen LogP contribution in [0, 0.1) is 11.3 Å². The molecule has 0 bridgehead atoms. The Kier molecular flexibility index (Phi) is 7.79. The molecule has 2 amide bonds. The van der Waals surface area contributed by atoms with Gasteiger partial charge in [0, 0.05) is 24.1 Å². The zero-order valence-electron chi connectivity index (χ0n) is 21.8. The number of hydrogen-bond donors (Lipinski definition) is 1. The highest BCUT2D eigenvalue weighted by atomic mass is 35.5. The number of hydrogen-bond acceptors (Lipinski definition) is 7. The van der Waals surface area contributed by atoms with Crippen molar-refractivity contribution in [2.75, 3.05) is 13.2 Å². The number of alkyl halides is 3. The zero-order chi connectivity index (χ0) is 30.5. The summed E-state index contributed by atoms with van der Waals surface area (Å²) in [5, 5.41) is 10.6. The molecule has 1 heterocycles. The average Bonchev–Trinajstić information content (AvgIpc) is 3.84. The maximum atomic E-state index is 13.9. The van der Waals surface area contributed by atoms with Crippen LogP contribution in [0.15, 0.2) is 47.4 Å². The standard InChI is InChI=1S/C27H24Cl2F3N3O6S/c28-17-3-1-2-16(10-17)26(8-9-26)23(36)35-13-19(12-22(35)41-24(37)34-25(14-33)6-7-25)42(38,39)21-5-4-18(11-20(21)29)40-15-27(30,31)32/h1-5,10-11,19,22H,6-9,12-13,15H2,(H,34,37)/t19-,22+/m1/s1. The Morgan fingerprint density at radius 1 is 1.12 bits per heavy atom. The number of sulfone groups is 1. The number of nitrogens with one attached hydrogen (secondary N) is 1. The van der Waals surface area contributed by atoms with Crippen LogP contribution in [0.5, 0.6) is 5.75 Å². The van der Waals surface area contributed by atoms with Gasteiger partial charge in [0.25, 0.3) is 0 Å². The summed E-state index contributed by atoms with van der Waals surface area (Å²) in [6, 6.07) is 11.8. The quantitative estimate of drug-likeness (QED) is 0.421. The largest absolute Gasteiger partial charge is 0.484 e. The molecule has 1 N–H and O–H groups in total. The first kappa shape index (κ1) is 30.3.